The van der Waals surface area contributed by atoms with Gasteiger partial charge in [0.05, 0.1) is 6.61 Å². The molecule has 1 aromatic rings. The Morgan fingerprint density at radius 1 is 1.24 bits per heavy atom. The second kappa shape index (κ2) is 7.81. The van der Waals surface area contributed by atoms with Crippen molar-refractivity contribution in [3.63, 3.8) is 0 Å². The maximum Gasteiger partial charge on any atom is 0.125 e. The monoisotopic (exact) mass is 290 g/mol. The molecule has 1 aliphatic rings. The lowest BCUT2D eigenvalue weighted by Crippen LogP contribution is -2.45. The van der Waals surface area contributed by atoms with Crippen molar-refractivity contribution in [2.75, 3.05) is 40.3 Å². The Balaban J connectivity index is 1.72. The van der Waals surface area contributed by atoms with Crippen LogP contribution in [0.3, 0.4) is 0 Å². The lowest BCUT2D eigenvalue weighted by atomic mass is 10.0. The van der Waals surface area contributed by atoms with Crippen molar-refractivity contribution in [2.24, 2.45) is 0 Å². The third-order valence-corrected chi connectivity index (χ3v) is 4.48. The molecule has 118 valence electrons. The average Bonchev–Trinajstić information content (AvgIpc) is 2.46. The summed E-state index contributed by atoms with van der Waals surface area (Å²) in [4.78, 5) is 4.95. The van der Waals surface area contributed by atoms with E-state index < -0.39 is 0 Å². The van der Waals surface area contributed by atoms with Crippen LogP contribution in [0.1, 0.15) is 30.4 Å². The molecule has 1 aromatic carbocycles. The number of benzene rings is 1. The topological polar surface area (TPSA) is 15.7 Å². The molecular formula is C18H30N2O. The van der Waals surface area contributed by atoms with Gasteiger partial charge in [-0.1, -0.05) is 18.2 Å². The van der Waals surface area contributed by atoms with Crippen LogP contribution in [0, 0.1) is 13.8 Å². The Morgan fingerprint density at radius 2 is 1.95 bits per heavy atom. The maximum absolute atomic E-state index is 6.00. The SMILES string of the molecule is Cc1cccc(C)c1OCCCN1CCCC(N(C)C)C1. The van der Waals surface area contributed by atoms with Gasteiger partial charge in [-0.3, -0.25) is 0 Å². The van der Waals surface area contributed by atoms with E-state index in [4.69, 9.17) is 4.74 Å². The summed E-state index contributed by atoms with van der Waals surface area (Å²) in [6.45, 7) is 8.65. The molecule has 0 radical (unpaired) electrons. The fraction of sp³-hybridized carbons (Fsp3) is 0.667. The van der Waals surface area contributed by atoms with E-state index in [1.54, 1.807) is 0 Å². The first-order valence-electron chi connectivity index (χ1n) is 8.15. The van der Waals surface area contributed by atoms with E-state index >= 15 is 0 Å². The van der Waals surface area contributed by atoms with E-state index in [1.165, 1.54) is 37.1 Å². The van der Waals surface area contributed by atoms with Crippen LogP contribution in [0.25, 0.3) is 0 Å². The van der Waals surface area contributed by atoms with Gasteiger partial charge in [0.25, 0.3) is 0 Å². The first-order valence-corrected chi connectivity index (χ1v) is 8.15. The summed E-state index contributed by atoms with van der Waals surface area (Å²) in [5.41, 5.74) is 2.47. The fourth-order valence-electron chi connectivity index (χ4n) is 3.14. The Labute approximate surface area is 129 Å². The molecule has 0 saturated carbocycles. The molecule has 0 spiro atoms. The molecule has 1 saturated heterocycles. The lowest BCUT2D eigenvalue weighted by molar-refractivity contribution is 0.126. The van der Waals surface area contributed by atoms with Crippen molar-refractivity contribution >= 4 is 0 Å². The van der Waals surface area contributed by atoms with Gasteiger partial charge >= 0.3 is 0 Å². The Kier molecular flexibility index (Phi) is 6.07. The molecule has 21 heavy (non-hydrogen) atoms. The van der Waals surface area contributed by atoms with Crippen molar-refractivity contribution < 1.29 is 4.74 Å². The van der Waals surface area contributed by atoms with Gasteiger partial charge in [-0.2, -0.15) is 0 Å². The normalized spacial score (nSPS) is 20.0. The summed E-state index contributed by atoms with van der Waals surface area (Å²) in [5, 5.41) is 0. The van der Waals surface area contributed by atoms with Crippen LogP contribution >= 0.6 is 0 Å². The highest BCUT2D eigenvalue weighted by Crippen LogP contribution is 2.22. The zero-order valence-corrected chi connectivity index (χ0v) is 14.1. The molecule has 1 heterocycles. The summed E-state index contributed by atoms with van der Waals surface area (Å²) in [6, 6.07) is 7.05. The van der Waals surface area contributed by atoms with Crippen LogP contribution in [0.2, 0.25) is 0 Å². The zero-order valence-electron chi connectivity index (χ0n) is 14.1. The van der Waals surface area contributed by atoms with Crippen molar-refractivity contribution in [3.8, 4) is 5.75 Å². The van der Waals surface area contributed by atoms with E-state index in [0.29, 0.717) is 0 Å². The molecule has 3 heteroatoms. The third-order valence-electron chi connectivity index (χ3n) is 4.48. The van der Waals surface area contributed by atoms with Crippen LogP contribution in [-0.2, 0) is 0 Å². The molecule has 1 fully saturated rings. The first kappa shape index (κ1) is 16.3. The fourth-order valence-corrected chi connectivity index (χ4v) is 3.14. The van der Waals surface area contributed by atoms with E-state index in [0.717, 1.165) is 31.4 Å². The number of hydrogen-bond donors (Lipinski definition) is 0. The van der Waals surface area contributed by atoms with E-state index in [9.17, 15) is 0 Å². The predicted octanol–water partition coefficient (Wildman–Crippen LogP) is 3.10. The Hall–Kier alpha value is -1.06. The number of likely N-dealkylation sites (N-methyl/N-ethyl adjacent to an activating group) is 1. The third kappa shape index (κ3) is 4.72. The second-order valence-corrected chi connectivity index (χ2v) is 6.48. The van der Waals surface area contributed by atoms with Gasteiger partial charge in [-0.25, -0.2) is 0 Å². The van der Waals surface area contributed by atoms with Crippen molar-refractivity contribution in [2.45, 2.75) is 39.2 Å². The zero-order chi connectivity index (χ0) is 15.2. The highest BCUT2D eigenvalue weighted by atomic mass is 16.5. The van der Waals surface area contributed by atoms with Gasteiger partial charge in [0.2, 0.25) is 0 Å². The van der Waals surface area contributed by atoms with Crippen LogP contribution < -0.4 is 4.74 Å². The van der Waals surface area contributed by atoms with Crippen LogP contribution in [0.4, 0.5) is 0 Å². The van der Waals surface area contributed by atoms with Gasteiger partial charge in [-0.15, -0.1) is 0 Å². The molecule has 0 aromatic heterocycles. The average molecular weight is 290 g/mol. The van der Waals surface area contributed by atoms with Gasteiger partial charge in [0.15, 0.2) is 0 Å². The molecule has 1 aliphatic heterocycles. The van der Waals surface area contributed by atoms with E-state index in [-0.39, 0.29) is 0 Å². The molecule has 2 rings (SSSR count). The minimum Gasteiger partial charge on any atom is -0.493 e. The van der Waals surface area contributed by atoms with Crippen molar-refractivity contribution in [3.05, 3.63) is 29.3 Å². The first-order chi connectivity index (χ1) is 10.1. The molecular weight excluding hydrogens is 260 g/mol. The number of rotatable bonds is 6. The largest absolute Gasteiger partial charge is 0.493 e. The van der Waals surface area contributed by atoms with E-state index in [1.807, 2.05) is 0 Å². The number of nitrogens with zero attached hydrogens (tertiary/aromatic N) is 2. The number of hydrogen-bond acceptors (Lipinski definition) is 3. The van der Waals surface area contributed by atoms with Gasteiger partial charge in [0.1, 0.15) is 5.75 Å². The number of para-hydroxylation sites is 1. The Morgan fingerprint density at radius 3 is 2.62 bits per heavy atom. The van der Waals surface area contributed by atoms with Gasteiger partial charge in [-0.05, 0) is 64.9 Å². The van der Waals surface area contributed by atoms with E-state index in [2.05, 4.69) is 55.9 Å². The smallest absolute Gasteiger partial charge is 0.125 e. The standard InChI is InChI=1S/C18H30N2O/c1-15-8-5-9-16(2)18(15)21-13-7-12-20-11-6-10-17(14-20)19(3)4/h5,8-9,17H,6-7,10-14H2,1-4H3. The highest BCUT2D eigenvalue weighted by Gasteiger charge is 2.20. The van der Waals surface area contributed by atoms with Crippen LogP contribution in [0.5, 0.6) is 5.75 Å². The quantitative estimate of drug-likeness (QED) is 0.749. The number of ether oxygens (including phenoxy) is 1. The van der Waals surface area contributed by atoms with Crippen molar-refractivity contribution in [1.82, 2.24) is 9.80 Å². The van der Waals surface area contributed by atoms with Crippen molar-refractivity contribution in [1.29, 1.82) is 0 Å². The molecule has 1 atom stereocenters. The summed E-state index contributed by atoms with van der Waals surface area (Å²) < 4.78 is 6.00. The Bertz CT molecular complexity index is 425. The van der Waals surface area contributed by atoms with Crippen LogP contribution in [0.15, 0.2) is 18.2 Å². The number of aryl methyl sites for hydroxylation is 2. The van der Waals surface area contributed by atoms with Crippen LogP contribution in [-0.4, -0.2) is 56.2 Å². The second-order valence-electron chi connectivity index (χ2n) is 6.48. The summed E-state index contributed by atoms with van der Waals surface area (Å²) in [7, 11) is 4.39. The lowest BCUT2D eigenvalue weighted by Gasteiger charge is -2.36. The van der Waals surface area contributed by atoms with Gasteiger partial charge < -0.3 is 14.5 Å². The molecule has 0 amide bonds. The molecule has 0 aliphatic carbocycles. The summed E-state index contributed by atoms with van der Waals surface area (Å²) >= 11 is 0. The maximum atomic E-state index is 6.00. The highest BCUT2D eigenvalue weighted by molar-refractivity contribution is 5.39. The number of likely N-dealkylation sites (tertiary alicyclic amines) is 1. The summed E-state index contributed by atoms with van der Waals surface area (Å²) in [5.74, 6) is 1.07. The minimum absolute atomic E-state index is 0.721. The minimum atomic E-state index is 0.721. The predicted molar refractivity (Wildman–Crippen MR) is 89.2 cm³/mol. The molecule has 0 N–H and O–H groups in total. The molecule has 1 unspecified atom stereocenters. The molecule has 0 bridgehead atoms. The molecule has 3 nitrogen and oxygen atoms in total. The summed E-state index contributed by atoms with van der Waals surface area (Å²) in [6.07, 6.45) is 3.76. The number of piperidine rings is 1. The van der Waals surface area contributed by atoms with Gasteiger partial charge in [0, 0.05) is 19.1 Å².